The highest BCUT2D eigenvalue weighted by atomic mass is 32.2. The zero-order chi connectivity index (χ0) is 15.0. The molecule has 1 aromatic heterocycles. The molecule has 0 spiro atoms. The molecule has 1 atom stereocenters. The number of anilines is 2. The predicted molar refractivity (Wildman–Crippen MR) is 85.7 cm³/mol. The molecule has 1 aromatic rings. The van der Waals surface area contributed by atoms with Crippen molar-refractivity contribution in [3.8, 4) is 0 Å². The van der Waals surface area contributed by atoms with Crippen LogP contribution in [0.2, 0.25) is 0 Å². The molecule has 0 amide bonds. The molecular formula is C13H22N4O2S. The van der Waals surface area contributed by atoms with E-state index in [0.29, 0.717) is 17.6 Å². The highest BCUT2D eigenvalue weighted by Crippen LogP contribution is 2.21. The van der Waals surface area contributed by atoms with E-state index in [1.165, 1.54) is 12.1 Å². The molecule has 0 radical (unpaired) electrons. The Morgan fingerprint density at radius 1 is 1.40 bits per heavy atom. The lowest BCUT2D eigenvalue weighted by Gasteiger charge is -2.12. The molecule has 2 N–H and O–H groups in total. The Labute approximate surface area is 123 Å². The number of thioether (sulfide) groups is 1. The third-order valence-corrected chi connectivity index (χ3v) is 3.56. The van der Waals surface area contributed by atoms with E-state index in [0.717, 1.165) is 25.3 Å². The third kappa shape index (κ3) is 5.64. The fraction of sp³-hybridized carbons (Fsp3) is 0.615. The van der Waals surface area contributed by atoms with Crippen molar-refractivity contribution in [3.05, 3.63) is 22.2 Å². The van der Waals surface area contributed by atoms with Gasteiger partial charge in [-0.25, -0.2) is 4.98 Å². The maximum atomic E-state index is 10.9. The quantitative estimate of drug-likeness (QED) is 0.538. The van der Waals surface area contributed by atoms with Crippen molar-refractivity contribution >= 4 is 29.1 Å². The zero-order valence-electron chi connectivity index (χ0n) is 12.2. The zero-order valence-corrected chi connectivity index (χ0v) is 13.0. The fourth-order valence-corrected chi connectivity index (χ4v) is 2.36. The number of aromatic nitrogens is 1. The van der Waals surface area contributed by atoms with Crippen LogP contribution in [0, 0.1) is 16.0 Å². The molecule has 0 fully saturated rings. The minimum Gasteiger partial charge on any atom is -0.370 e. The molecule has 1 heterocycles. The molecule has 7 heteroatoms. The first-order chi connectivity index (χ1) is 9.56. The maximum Gasteiger partial charge on any atom is 0.276 e. The van der Waals surface area contributed by atoms with Gasteiger partial charge >= 0.3 is 0 Å². The molecule has 0 aliphatic rings. The van der Waals surface area contributed by atoms with Crippen LogP contribution < -0.4 is 10.6 Å². The van der Waals surface area contributed by atoms with Crippen molar-refractivity contribution in [1.82, 2.24) is 4.98 Å². The number of pyridine rings is 1. The highest BCUT2D eigenvalue weighted by Gasteiger charge is 2.11. The Bertz CT molecular complexity index is 442. The van der Waals surface area contributed by atoms with Gasteiger partial charge in [0.15, 0.2) is 0 Å². The summed E-state index contributed by atoms with van der Waals surface area (Å²) in [6.45, 7) is 5.67. The van der Waals surface area contributed by atoms with Crippen LogP contribution in [0.25, 0.3) is 0 Å². The number of nitro groups is 1. The molecule has 0 bridgehead atoms. The Morgan fingerprint density at radius 2 is 2.05 bits per heavy atom. The van der Waals surface area contributed by atoms with Crippen LogP contribution >= 0.6 is 11.8 Å². The standard InChI is InChI=1S/C13H22N4O2S/c1-4-5-14-12-6-11(17(18)19)7-13(16-12)15-8-10(2)9-20-3/h6-7,10H,4-5,8-9H2,1-3H3,(H2,14,15,16). The van der Waals surface area contributed by atoms with Gasteiger partial charge in [0.1, 0.15) is 11.6 Å². The molecule has 0 aliphatic heterocycles. The van der Waals surface area contributed by atoms with E-state index in [9.17, 15) is 10.1 Å². The van der Waals surface area contributed by atoms with Gasteiger partial charge in [-0.05, 0) is 24.3 Å². The van der Waals surface area contributed by atoms with Gasteiger partial charge in [-0.1, -0.05) is 13.8 Å². The SMILES string of the molecule is CCCNc1cc([N+](=O)[O-])cc(NCC(C)CSC)n1. The van der Waals surface area contributed by atoms with Crippen LogP contribution in [0.1, 0.15) is 20.3 Å². The molecule has 0 aromatic carbocycles. The molecule has 6 nitrogen and oxygen atoms in total. The van der Waals surface area contributed by atoms with Crippen molar-refractivity contribution in [2.24, 2.45) is 5.92 Å². The average Bonchev–Trinajstić information content (AvgIpc) is 2.43. The second kappa shape index (κ2) is 8.63. The Morgan fingerprint density at radius 3 is 2.60 bits per heavy atom. The molecule has 112 valence electrons. The van der Waals surface area contributed by atoms with Crippen LogP contribution in [0.15, 0.2) is 12.1 Å². The second-order valence-electron chi connectivity index (χ2n) is 4.72. The van der Waals surface area contributed by atoms with E-state index in [1.807, 2.05) is 6.92 Å². The first-order valence-corrected chi connectivity index (χ1v) is 8.09. The maximum absolute atomic E-state index is 10.9. The van der Waals surface area contributed by atoms with Gasteiger partial charge in [0.25, 0.3) is 5.69 Å². The summed E-state index contributed by atoms with van der Waals surface area (Å²) in [7, 11) is 0. The summed E-state index contributed by atoms with van der Waals surface area (Å²) in [5, 5.41) is 17.2. The van der Waals surface area contributed by atoms with E-state index in [1.54, 1.807) is 11.8 Å². The van der Waals surface area contributed by atoms with Crippen LogP contribution in [-0.2, 0) is 0 Å². The first kappa shape index (κ1) is 16.6. The minimum absolute atomic E-state index is 0.0543. The van der Waals surface area contributed by atoms with E-state index in [4.69, 9.17) is 0 Å². The normalized spacial score (nSPS) is 11.9. The number of hydrogen-bond acceptors (Lipinski definition) is 6. The number of nitrogens with one attached hydrogen (secondary N) is 2. The molecule has 1 unspecified atom stereocenters. The third-order valence-electron chi connectivity index (χ3n) is 2.66. The van der Waals surface area contributed by atoms with Crippen LogP contribution in [0.3, 0.4) is 0 Å². The van der Waals surface area contributed by atoms with Gasteiger partial charge < -0.3 is 10.6 Å². The molecule has 0 aliphatic carbocycles. The van der Waals surface area contributed by atoms with Crippen molar-refractivity contribution in [2.45, 2.75) is 20.3 Å². The molecular weight excluding hydrogens is 276 g/mol. The number of hydrogen-bond donors (Lipinski definition) is 2. The first-order valence-electron chi connectivity index (χ1n) is 6.70. The Hall–Kier alpha value is -1.50. The Balaban J connectivity index is 2.77. The molecule has 0 saturated heterocycles. The van der Waals surface area contributed by atoms with Crippen molar-refractivity contribution in [3.63, 3.8) is 0 Å². The van der Waals surface area contributed by atoms with Gasteiger partial charge in [-0.2, -0.15) is 11.8 Å². The van der Waals surface area contributed by atoms with Gasteiger partial charge in [-0.15, -0.1) is 0 Å². The van der Waals surface area contributed by atoms with Crippen molar-refractivity contribution in [2.75, 3.05) is 35.7 Å². The van der Waals surface area contributed by atoms with Crippen LogP contribution in [-0.4, -0.2) is 35.0 Å². The number of rotatable bonds is 9. The topological polar surface area (TPSA) is 80.1 Å². The lowest BCUT2D eigenvalue weighted by atomic mass is 10.2. The molecule has 20 heavy (non-hydrogen) atoms. The largest absolute Gasteiger partial charge is 0.370 e. The summed E-state index contributed by atoms with van der Waals surface area (Å²) < 4.78 is 0. The summed E-state index contributed by atoms with van der Waals surface area (Å²) in [5.41, 5.74) is 0.0543. The van der Waals surface area contributed by atoms with Crippen molar-refractivity contribution in [1.29, 1.82) is 0 Å². The Kier molecular flexibility index (Phi) is 7.14. The second-order valence-corrected chi connectivity index (χ2v) is 5.63. The van der Waals surface area contributed by atoms with Gasteiger partial charge in [-0.3, -0.25) is 10.1 Å². The van der Waals surface area contributed by atoms with E-state index >= 15 is 0 Å². The lowest BCUT2D eigenvalue weighted by Crippen LogP contribution is -2.15. The van der Waals surface area contributed by atoms with Gasteiger partial charge in [0.2, 0.25) is 0 Å². The monoisotopic (exact) mass is 298 g/mol. The minimum atomic E-state index is -0.394. The highest BCUT2D eigenvalue weighted by molar-refractivity contribution is 7.98. The van der Waals surface area contributed by atoms with E-state index in [-0.39, 0.29) is 5.69 Å². The fourth-order valence-electron chi connectivity index (χ4n) is 1.68. The molecule has 0 saturated carbocycles. The van der Waals surface area contributed by atoms with Crippen molar-refractivity contribution < 1.29 is 4.92 Å². The summed E-state index contributed by atoms with van der Waals surface area (Å²) in [6.07, 6.45) is 3.01. The van der Waals surface area contributed by atoms with Crippen LogP contribution in [0.5, 0.6) is 0 Å². The summed E-state index contributed by atoms with van der Waals surface area (Å²) in [5.74, 6) is 2.62. The molecule has 1 rings (SSSR count). The summed E-state index contributed by atoms with van der Waals surface area (Å²) in [4.78, 5) is 14.9. The lowest BCUT2D eigenvalue weighted by molar-refractivity contribution is -0.384. The van der Waals surface area contributed by atoms with Crippen LogP contribution in [0.4, 0.5) is 17.3 Å². The van der Waals surface area contributed by atoms with E-state index in [2.05, 4.69) is 28.8 Å². The van der Waals surface area contributed by atoms with Gasteiger partial charge in [0.05, 0.1) is 17.1 Å². The smallest absolute Gasteiger partial charge is 0.276 e. The average molecular weight is 298 g/mol. The number of nitrogens with zero attached hydrogens (tertiary/aromatic N) is 2. The van der Waals surface area contributed by atoms with E-state index < -0.39 is 4.92 Å². The summed E-state index contributed by atoms with van der Waals surface area (Å²) in [6, 6.07) is 2.94. The predicted octanol–water partition coefficient (Wildman–Crippen LogP) is 3.22. The summed E-state index contributed by atoms with van der Waals surface area (Å²) >= 11 is 1.79. The van der Waals surface area contributed by atoms with Gasteiger partial charge in [0, 0.05) is 13.1 Å².